The lowest BCUT2D eigenvalue weighted by Crippen LogP contribution is -2.35. The number of benzene rings is 2. The van der Waals surface area contributed by atoms with Crippen molar-refractivity contribution < 1.29 is 13.2 Å². The van der Waals surface area contributed by atoms with E-state index in [1.54, 1.807) is 12.1 Å². The smallest absolute Gasteiger partial charge is 0.264 e. The van der Waals surface area contributed by atoms with Gasteiger partial charge < -0.3 is 5.32 Å². The van der Waals surface area contributed by atoms with Crippen LogP contribution in [0.5, 0.6) is 0 Å². The van der Waals surface area contributed by atoms with Gasteiger partial charge in [-0.25, -0.2) is 8.42 Å². The zero-order valence-electron chi connectivity index (χ0n) is 16.6. The van der Waals surface area contributed by atoms with E-state index in [4.69, 9.17) is 0 Å². The number of hydrogen-bond donors (Lipinski definition) is 1. The van der Waals surface area contributed by atoms with Crippen LogP contribution in [0.2, 0.25) is 0 Å². The van der Waals surface area contributed by atoms with E-state index in [1.807, 2.05) is 36.4 Å². The molecule has 2 aromatic carbocycles. The monoisotopic (exact) mass is 412 g/mol. The van der Waals surface area contributed by atoms with Gasteiger partial charge in [0.2, 0.25) is 5.91 Å². The minimum atomic E-state index is -3.59. The standard InChI is InChI=1S/C23H28N2O3S/c26-23(24-20-8-2-3-9-20)16-13-18-11-14-21(15-12-18)29(27,28)25-17-5-7-19-6-1-4-10-22(19)25/h1,4,6,10-12,14-15,20H,2-3,5,7-9,13,16-17H2,(H,24,26). The van der Waals surface area contributed by atoms with Gasteiger partial charge in [-0.2, -0.15) is 0 Å². The van der Waals surface area contributed by atoms with Gasteiger partial charge in [0.15, 0.2) is 0 Å². The van der Waals surface area contributed by atoms with Crippen LogP contribution in [0.25, 0.3) is 0 Å². The molecule has 0 bridgehead atoms. The van der Waals surface area contributed by atoms with E-state index in [2.05, 4.69) is 5.32 Å². The van der Waals surface area contributed by atoms with Gasteiger partial charge in [0.05, 0.1) is 10.6 Å². The number of sulfonamides is 1. The molecular weight excluding hydrogens is 384 g/mol. The summed E-state index contributed by atoms with van der Waals surface area (Å²) in [5.74, 6) is 0.0820. The number of hydrogen-bond acceptors (Lipinski definition) is 3. The number of carbonyl (C=O) groups is 1. The second-order valence-electron chi connectivity index (χ2n) is 8.00. The number of rotatable bonds is 6. The molecule has 0 atom stereocenters. The second-order valence-corrected chi connectivity index (χ2v) is 9.86. The molecule has 0 radical (unpaired) electrons. The average Bonchev–Trinajstić information content (AvgIpc) is 3.25. The number of nitrogens with one attached hydrogen (secondary N) is 1. The average molecular weight is 413 g/mol. The Morgan fingerprint density at radius 2 is 1.72 bits per heavy atom. The van der Waals surface area contributed by atoms with E-state index in [0.29, 0.717) is 30.3 Å². The molecule has 1 fully saturated rings. The highest BCUT2D eigenvalue weighted by Crippen LogP contribution is 2.31. The minimum Gasteiger partial charge on any atom is -0.353 e. The van der Waals surface area contributed by atoms with Crippen molar-refractivity contribution in [2.75, 3.05) is 10.8 Å². The lowest BCUT2D eigenvalue weighted by Gasteiger charge is -2.30. The predicted octanol–water partition coefficient (Wildman–Crippen LogP) is 3.82. The number of aryl methyl sites for hydroxylation is 2. The minimum absolute atomic E-state index is 0.0820. The highest BCUT2D eigenvalue weighted by atomic mass is 32.2. The van der Waals surface area contributed by atoms with Gasteiger partial charge >= 0.3 is 0 Å². The summed E-state index contributed by atoms with van der Waals surface area (Å²) in [6.45, 7) is 0.502. The Labute approximate surface area is 173 Å². The second kappa shape index (κ2) is 8.57. The Bertz CT molecular complexity index is 964. The van der Waals surface area contributed by atoms with Gasteiger partial charge in [0.25, 0.3) is 10.0 Å². The van der Waals surface area contributed by atoms with Gasteiger partial charge in [-0.1, -0.05) is 43.2 Å². The Hall–Kier alpha value is -2.34. The fourth-order valence-corrected chi connectivity index (χ4v) is 5.87. The molecule has 0 unspecified atom stereocenters. The molecule has 0 spiro atoms. The summed E-state index contributed by atoms with van der Waals surface area (Å²) >= 11 is 0. The van der Waals surface area contributed by atoms with Crippen LogP contribution in [0.3, 0.4) is 0 Å². The molecule has 1 N–H and O–H groups in total. The molecule has 0 saturated heterocycles. The van der Waals surface area contributed by atoms with Crippen LogP contribution in [0.1, 0.15) is 49.7 Å². The van der Waals surface area contributed by atoms with E-state index >= 15 is 0 Å². The highest BCUT2D eigenvalue weighted by Gasteiger charge is 2.28. The summed E-state index contributed by atoms with van der Waals surface area (Å²) in [6, 6.07) is 15.0. The normalized spacial score (nSPS) is 17.2. The van der Waals surface area contributed by atoms with Crippen LogP contribution in [0.4, 0.5) is 5.69 Å². The zero-order chi connectivity index (χ0) is 20.3. The largest absolute Gasteiger partial charge is 0.353 e. The summed E-state index contributed by atoms with van der Waals surface area (Å²) < 4.78 is 27.9. The van der Waals surface area contributed by atoms with Gasteiger partial charge in [0, 0.05) is 19.0 Å². The quantitative estimate of drug-likeness (QED) is 0.784. The number of carbonyl (C=O) groups excluding carboxylic acids is 1. The summed E-state index contributed by atoms with van der Waals surface area (Å²) in [5, 5.41) is 3.10. The summed E-state index contributed by atoms with van der Waals surface area (Å²) in [7, 11) is -3.59. The van der Waals surface area contributed by atoms with Gasteiger partial charge in [-0.15, -0.1) is 0 Å². The third kappa shape index (κ3) is 4.47. The topological polar surface area (TPSA) is 66.5 Å². The first-order valence-electron chi connectivity index (χ1n) is 10.5. The first-order chi connectivity index (χ1) is 14.0. The van der Waals surface area contributed by atoms with Crippen LogP contribution in [-0.2, 0) is 27.7 Å². The molecule has 6 heteroatoms. The van der Waals surface area contributed by atoms with Gasteiger partial charge in [-0.3, -0.25) is 9.10 Å². The SMILES string of the molecule is O=C(CCc1ccc(S(=O)(=O)N2CCCc3ccccc32)cc1)NC1CCCC1. The Morgan fingerprint density at radius 1 is 1.00 bits per heavy atom. The van der Waals surface area contributed by atoms with Crippen molar-refractivity contribution in [1.29, 1.82) is 0 Å². The van der Waals surface area contributed by atoms with Crippen LogP contribution in [0.15, 0.2) is 53.4 Å². The molecule has 29 heavy (non-hydrogen) atoms. The van der Waals surface area contributed by atoms with Crippen molar-refractivity contribution in [3.05, 3.63) is 59.7 Å². The molecule has 154 valence electrons. The van der Waals surface area contributed by atoms with Crippen molar-refractivity contribution in [3.63, 3.8) is 0 Å². The number of nitrogens with zero attached hydrogens (tertiary/aromatic N) is 1. The molecule has 2 aromatic rings. The van der Waals surface area contributed by atoms with E-state index in [-0.39, 0.29) is 5.91 Å². The van der Waals surface area contributed by atoms with Crippen LogP contribution >= 0.6 is 0 Å². The van der Waals surface area contributed by atoms with Crippen molar-refractivity contribution in [1.82, 2.24) is 5.32 Å². The molecule has 2 aliphatic rings. The number of para-hydroxylation sites is 1. The Balaban J connectivity index is 1.41. The van der Waals surface area contributed by atoms with Crippen LogP contribution in [-0.4, -0.2) is 26.9 Å². The molecule has 0 aromatic heterocycles. The first kappa shape index (κ1) is 20.0. The Morgan fingerprint density at radius 3 is 2.48 bits per heavy atom. The summed E-state index contributed by atoms with van der Waals surface area (Å²) in [6.07, 6.45) is 7.34. The maximum absolute atomic E-state index is 13.2. The molecule has 1 aliphatic carbocycles. The molecule has 1 amide bonds. The van der Waals surface area contributed by atoms with Crippen molar-refractivity contribution in [2.24, 2.45) is 0 Å². The van der Waals surface area contributed by atoms with E-state index in [0.717, 1.165) is 42.5 Å². The lowest BCUT2D eigenvalue weighted by molar-refractivity contribution is -0.121. The summed E-state index contributed by atoms with van der Waals surface area (Å²) in [4.78, 5) is 12.4. The molecule has 4 rings (SSSR count). The number of anilines is 1. The maximum atomic E-state index is 13.2. The van der Waals surface area contributed by atoms with Crippen LogP contribution in [0, 0.1) is 0 Å². The van der Waals surface area contributed by atoms with Crippen molar-refractivity contribution in [3.8, 4) is 0 Å². The molecule has 1 heterocycles. The highest BCUT2D eigenvalue weighted by molar-refractivity contribution is 7.92. The van der Waals surface area contributed by atoms with Crippen molar-refractivity contribution in [2.45, 2.75) is 62.3 Å². The van der Waals surface area contributed by atoms with Gasteiger partial charge in [0.1, 0.15) is 0 Å². The van der Waals surface area contributed by atoms with Crippen molar-refractivity contribution >= 4 is 21.6 Å². The molecule has 1 aliphatic heterocycles. The fourth-order valence-electron chi connectivity index (χ4n) is 4.33. The Kier molecular flexibility index (Phi) is 5.90. The van der Waals surface area contributed by atoms with E-state index in [9.17, 15) is 13.2 Å². The molecular formula is C23H28N2O3S. The number of fused-ring (bicyclic) bond motifs is 1. The lowest BCUT2D eigenvalue weighted by atomic mass is 10.0. The zero-order valence-corrected chi connectivity index (χ0v) is 17.5. The third-order valence-corrected chi connectivity index (χ3v) is 7.77. The summed E-state index contributed by atoms with van der Waals surface area (Å²) in [5.41, 5.74) is 2.84. The fraction of sp³-hybridized carbons (Fsp3) is 0.435. The van der Waals surface area contributed by atoms with E-state index < -0.39 is 10.0 Å². The van der Waals surface area contributed by atoms with Gasteiger partial charge in [-0.05, 0) is 61.4 Å². The van der Waals surface area contributed by atoms with E-state index in [1.165, 1.54) is 17.1 Å². The molecule has 5 nitrogen and oxygen atoms in total. The first-order valence-corrected chi connectivity index (χ1v) is 12.0. The third-order valence-electron chi connectivity index (χ3n) is 5.94. The number of amides is 1. The molecule has 1 saturated carbocycles. The predicted molar refractivity (Wildman–Crippen MR) is 114 cm³/mol. The van der Waals surface area contributed by atoms with Crippen LogP contribution < -0.4 is 9.62 Å². The maximum Gasteiger partial charge on any atom is 0.264 e.